The van der Waals surface area contributed by atoms with Crippen LogP contribution in [0.1, 0.15) is 66.7 Å². The number of nitrogens with one attached hydrogen (secondary N) is 1. The van der Waals surface area contributed by atoms with E-state index in [2.05, 4.69) is 205 Å². The smallest absolute Gasteiger partial charge is 0.177 e. The number of aromatic nitrogens is 13. The summed E-state index contributed by atoms with van der Waals surface area (Å²) in [6, 6.07) is 13.7. The quantitative estimate of drug-likeness (QED) is 0.0357. The van der Waals surface area contributed by atoms with Gasteiger partial charge in [0.2, 0.25) is 0 Å². The molecule has 5 N–H and O–H groups in total. The summed E-state index contributed by atoms with van der Waals surface area (Å²) in [7, 11) is -3.08. The van der Waals surface area contributed by atoms with Crippen LogP contribution in [0, 0.1) is 0 Å². The molecule has 0 bridgehead atoms. The second-order valence-electron chi connectivity index (χ2n) is 24.9. The summed E-state index contributed by atoms with van der Waals surface area (Å²) in [5, 5.41) is 0. The fourth-order valence-electron chi connectivity index (χ4n) is 8.62. The molecule has 9 heterocycles. The van der Waals surface area contributed by atoms with Crippen LogP contribution in [0.2, 0.25) is 90.4 Å². The minimum absolute atomic E-state index is 0. The Labute approximate surface area is 551 Å². The number of H-pyrrole nitrogens is 1. The zero-order valence-corrected chi connectivity index (χ0v) is 64.3. The molecule has 86 heavy (non-hydrogen) atoms. The molecule has 0 spiro atoms. The Morgan fingerprint density at radius 1 is 0.488 bits per heavy atom. The van der Waals surface area contributed by atoms with Crippen LogP contribution in [-0.2, 0) is 34.4 Å². The van der Waals surface area contributed by atoms with Gasteiger partial charge in [0, 0.05) is 72.0 Å². The van der Waals surface area contributed by atoms with Crippen molar-refractivity contribution < 1.29 is 14.2 Å². The number of ether oxygens (including phenoxy) is 3. The Hall–Kier alpha value is -3.52. The van der Waals surface area contributed by atoms with Crippen LogP contribution in [0.25, 0.3) is 44.7 Å². The van der Waals surface area contributed by atoms with E-state index in [1.165, 1.54) is 75.5 Å². The average molecular weight is 1600 g/mol. The first-order valence-corrected chi connectivity index (χ1v) is 51.2. The molecule has 0 aliphatic rings. The van der Waals surface area contributed by atoms with E-state index in [-0.39, 0.29) is 7.43 Å². The van der Waals surface area contributed by atoms with E-state index < -0.39 is 42.6 Å². The molecule has 9 rings (SSSR count). The number of halogens is 4. The molecule has 472 valence electrons. The molecule has 0 saturated carbocycles. The first-order valence-electron chi connectivity index (χ1n) is 29.4. The molecule has 0 unspecified atom stereocenters. The van der Waals surface area contributed by atoms with E-state index in [1.807, 2.05) is 33.7 Å². The number of nitrogens with two attached hydrogens (primary N) is 2. The normalized spacial score (nSPS) is 11.8. The number of rotatable bonds is 25. The van der Waals surface area contributed by atoms with Gasteiger partial charge in [0.1, 0.15) is 24.8 Å². The van der Waals surface area contributed by atoms with E-state index in [0.29, 0.717) is 31.7 Å². The molecule has 0 fully saturated rings. The van der Waals surface area contributed by atoms with Crippen molar-refractivity contribution in [3.05, 3.63) is 105 Å². The Bertz CT molecular complexity index is 3400. The van der Waals surface area contributed by atoms with Crippen molar-refractivity contribution in [2.75, 3.05) is 31.3 Å². The minimum Gasteiger partial charge on any atom is -0.396 e. The van der Waals surface area contributed by atoms with E-state index in [9.17, 15) is 0 Å². The summed E-state index contributed by atoms with van der Waals surface area (Å²) in [4.78, 5) is 41.3. The van der Waals surface area contributed by atoms with Crippen molar-refractivity contribution in [2.45, 2.75) is 177 Å². The SMILES string of the molecule is Brc1cnc2nc[nH]c2c1.C.CCC[CH2][Sn]([CH2]CCC)([CH2]CCC)[c]1cnc2ncn(COCC[Si](C)(C)C)c2c1.C[Si](C)(C)CCOCn1cnc2cc(Br)cnc21.C[Si](C)(C)CCOCn1cnc2ncc(Br)cc21.Nc1cc(Br)cnc1N. The number of hydrogen-bond acceptors (Lipinski definition) is 14. The molecule has 0 saturated heterocycles. The van der Waals surface area contributed by atoms with Gasteiger partial charge in [-0.05, 0) is 100 Å². The molecular weight excluding hydrogens is 1500 g/mol. The predicted molar refractivity (Wildman–Crippen MR) is 384 cm³/mol. The molecular formula is C60H95Br4N15O3Si3Sn. The van der Waals surface area contributed by atoms with Gasteiger partial charge in [-0.2, -0.15) is 0 Å². The maximum atomic E-state index is 6.03. The van der Waals surface area contributed by atoms with Gasteiger partial charge in [0.25, 0.3) is 0 Å². The number of unbranched alkanes of at least 4 members (excludes halogenated alkanes) is 3. The van der Waals surface area contributed by atoms with Gasteiger partial charge < -0.3 is 30.5 Å². The molecule has 0 aromatic carbocycles. The zero-order chi connectivity index (χ0) is 62.2. The van der Waals surface area contributed by atoms with Crippen LogP contribution in [0.15, 0.2) is 105 Å². The van der Waals surface area contributed by atoms with Crippen LogP contribution in [-0.4, -0.2) is 126 Å². The second-order valence-corrected chi connectivity index (χ2v) is 58.7. The van der Waals surface area contributed by atoms with E-state index in [1.54, 1.807) is 53.4 Å². The first-order chi connectivity index (χ1) is 40.3. The fraction of sp³-hybridized carbons (Fsp3) is 0.517. The number of pyridine rings is 5. The average Bonchev–Trinajstić information content (AvgIpc) is 1.93. The van der Waals surface area contributed by atoms with Crippen molar-refractivity contribution in [2.24, 2.45) is 0 Å². The summed E-state index contributed by atoms with van der Waals surface area (Å²) in [5.41, 5.74) is 18.5. The monoisotopic (exact) mass is 1590 g/mol. The third kappa shape index (κ3) is 26.1. The number of aromatic amines is 1. The van der Waals surface area contributed by atoms with Crippen molar-refractivity contribution in [1.29, 1.82) is 0 Å². The summed E-state index contributed by atoms with van der Waals surface area (Å²) in [6.07, 6.45) is 24.2. The number of nitrogens with zero attached hydrogens (tertiary/aromatic N) is 12. The molecule has 26 heteroatoms. The van der Waals surface area contributed by atoms with Crippen molar-refractivity contribution in [3.8, 4) is 0 Å². The minimum atomic E-state index is -2.47. The van der Waals surface area contributed by atoms with Gasteiger partial charge in [-0.15, -0.1) is 0 Å². The van der Waals surface area contributed by atoms with E-state index in [4.69, 9.17) is 30.7 Å². The third-order valence-electron chi connectivity index (χ3n) is 13.8. The number of nitrogen functional groups attached to an aromatic ring is 2. The van der Waals surface area contributed by atoms with E-state index in [0.717, 1.165) is 76.9 Å². The second kappa shape index (κ2) is 37.0. The summed E-state index contributed by atoms with van der Waals surface area (Å²) >= 11 is 10.8. The van der Waals surface area contributed by atoms with Crippen molar-refractivity contribution in [3.63, 3.8) is 0 Å². The third-order valence-corrected chi connectivity index (χ3v) is 36.2. The number of hydrogen-bond donors (Lipinski definition) is 3. The topological polar surface area (TPSA) is 226 Å². The van der Waals surface area contributed by atoms with Crippen molar-refractivity contribution >= 4 is 166 Å². The summed E-state index contributed by atoms with van der Waals surface area (Å²) in [6.45, 7) is 32.4. The predicted octanol–water partition coefficient (Wildman–Crippen LogP) is 17.2. The molecule has 9 aromatic heterocycles. The van der Waals surface area contributed by atoms with Gasteiger partial charge in [-0.1, -0.05) is 46.7 Å². The van der Waals surface area contributed by atoms with Crippen LogP contribution >= 0.6 is 63.7 Å². The van der Waals surface area contributed by atoms with Crippen molar-refractivity contribution in [1.82, 2.24) is 63.5 Å². The van der Waals surface area contributed by atoms with E-state index >= 15 is 0 Å². The first kappa shape index (κ1) is 74.9. The number of fused-ring (bicyclic) bond motifs is 4. The van der Waals surface area contributed by atoms with Gasteiger partial charge in [-0.3, -0.25) is 4.57 Å². The summed E-state index contributed by atoms with van der Waals surface area (Å²) < 4.78 is 33.3. The maximum absolute atomic E-state index is 6.03. The molecule has 9 aromatic rings. The van der Waals surface area contributed by atoms with Crippen LogP contribution < -0.4 is 15.0 Å². The Balaban J connectivity index is 0.000000245. The Kier molecular flexibility index (Phi) is 32.2. The zero-order valence-electron chi connectivity index (χ0n) is 52.1. The van der Waals surface area contributed by atoms with Crippen LogP contribution in [0.4, 0.5) is 11.5 Å². The molecule has 0 aliphatic carbocycles. The standard InChI is InChI=1S/2C12H18BrN3OSi.C12H18N3OSi.C6H4BrN3.C5H6BrN3.3C4H9.CH4.Sn/c1-18(2,3)5-4-17-9-16-8-15-12-11(16)6-10(13)7-14-12;1-18(2,3)5-4-17-9-16-8-15-11-6-10(13)7-14-12(11)16;1-17(2,3)8-7-16-10-15-9-14-12-11(15)5-4-6-13-12;7-4-1-5-6(8-2-4)10-3-9-5;6-3-1-4(7)5(8)9-2-3;3*1-3-4-2;;/h2*6-8H,4-5,9H2,1-3H3;5-6,9H,7-8,10H2,1-3H3;1-3H,(H,8,9,10);1-2H,7H2,(H2,8,9);3*1,3-4H2,2H3;1H4;. The maximum Gasteiger partial charge on any atom is 0.177 e. The molecule has 0 amide bonds. The molecule has 0 atom stereocenters. The Morgan fingerprint density at radius 3 is 1.42 bits per heavy atom. The van der Waals surface area contributed by atoms with Crippen LogP contribution in [0.3, 0.4) is 0 Å². The number of anilines is 2. The molecule has 0 aliphatic heterocycles. The fourth-order valence-corrected chi connectivity index (χ4v) is 27.9. The molecule has 0 radical (unpaired) electrons. The van der Waals surface area contributed by atoms with Gasteiger partial charge in [0.15, 0.2) is 16.9 Å². The Morgan fingerprint density at radius 2 is 0.919 bits per heavy atom. The van der Waals surface area contributed by atoms with Gasteiger partial charge in [0.05, 0.1) is 35.7 Å². The van der Waals surface area contributed by atoms with Gasteiger partial charge in [-0.25, -0.2) is 34.9 Å². The molecule has 18 nitrogen and oxygen atoms in total. The largest absolute Gasteiger partial charge is 0.396 e. The van der Waals surface area contributed by atoms with Gasteiger partial charge >= 0.3 is 191 Å². The number of imidazole rings is 4. The van der Waals surface area contributed by atoms with Crippen LogP contribution in [0.5, 0.6) is 0 Å². The summed E-state index contributed by atoms with van der Waals surface area (Å²) in [5.74, 6) is 0.373.